The molecule has 0 heterocycles. The third kappa shape index (κ3) is 5.45. The molecule has 1 rings (SSSR count). The average molecular weight is 356 g/mol. The molecule has 0 aliphatic carbocycles. The van der Waals surface area contributed by atoms with Gasteiger partial charge in [-0.05, 0) is 18.6 Å². The fourth-order valence-electron chi connectivity index (χ4n) is 1.76. The maximum atomic E-state index is 14.0. The number of hydrogen-bond acceptors (Lipinski definition) is 3. The van der Waals surface area contributed by atoms with E-state index in [2.05, 4.69) is 12.2 Å². The van der Waals surface area contributed by atoms with Gasteiger partial charge in [-0.15, -0.1) is 0 Å². The summed E-state index contributed by atoms with van der Waals surface area (Å²) in [7, 11) is 0.804. The van der Waals surface area contributed by atoms with Crippen LogP contribution in [0.3, 0.4) is 0 Å². The Morgan fingerprint density at radius 2 is 1.95 bits per heavy atom. The summed E-state index contributed by atoms with van der Waals surface area (Å²) in [6.07, 6.45) is 3.84. The Hall–Kier alpha value is -0.850. The van der Waals surface area contributed by atoms with Crippen molar-refractivity contribution in [3.05, 3.63) is 28.5 Å². The molecule has 0 unspecified atom stereocenters. The number of unbranched alkanes of at least 4 members (excludes halogenated alkanes) is 3. The van der Waals surface area contributed by atoms with Crippen LogP contribution in [0.25, 0.3) is 0 Å². The van der Waals surface area contributed by atoms with Gasteiger partial charge in [-0.1, -0.05) is 37.8 Å². The van der Waals surface area contributed by atoms with E-state index in [1.807, 2.05) is 0 Å². The largest absolute Gasteiger partial charge is 0.352 e. The van der Waals surface area contributed by atoms with Crippen LogP contribution in [0, 0.1) is 5.82 Å². The molecule has 0 aliphatic rings. The Bertz CT molecular complexity index is 620. The van der Waals surface area contributed by atoms with Gasteiger partial charge in [0.2, 0.25) is 0 Å². The van der Waals surface area contributed by atoms with Crippen LogP contribution < -0.4 is 5.32 Å². The molecule has 1 N–H and O–H groups in total. The first-order chi connectivity index (χ1) is 9.77. The van der Waals surface area contributed by atoms with E-state index in [-0.39, 0.29) is 5.02 Å². The smallest absolute Gasteiger partial charge is 0.264 e. The summed E-state index contributed by atoms with van der Waals surface area (Å²) < 4.78 is 36.5. The van der Waals surface area contributed by atoms with Crippen molar-refractivity contribution in [2.75, 3.05) is 6.54 Å². The molecule has 1 amide bonds. The average Bonchev–Trinajstić information content (AvgIpc) is 2.39. The molecule has 0 fully saturated rings. The van der Waals surface area contributed by atoms with E-state index in [0.717, 1.165) is 37.8 Å². The molecule has 0 spiro atoms. The van der Waals surface area contributed by atoms with Gasteiger partial charge < -0.3 is 5.32 Å². The Morgan fingerprint density at radius 3 is 2.52 bits per heavy atom. The summed E-state index contributed by atoms with van der Waals surface area (Å²) in [5, 5.41) is 2.45. The van der Waals surface area contributed by atoms with Gasteiger partial charge in [0, 0.05) is 22.2 Å². The van der Waals surface area contributed by atoms with E-state index < -0.39 is 31.2 Å². The molecule has 1 aromatic carbocycles. The highest BCUT2D eigenvalue weighted by molar-refractivity contribution is 8.13. The molecule has 0 aliphatic heterocycles. The standard InChI is InChI=1S/C13H16Cl2FNO3S/c1-2-3-4-5-6-17-13(18)10-7-9(14)8-11(12(10)16)21(15,19)20/h7-8H,2-6H2,1H3,(H,17,18). The number of nitrogens with one attached hydrogen (secondary N) is 1. The fourth-order valence-corrected chi connectivity index (χ4v) is 2.97. The normalized spacial score (nSPS) is 11.4. The van der Waals surface area contributed by atoms with Crippen LogP contribution in [0.15, 0.2) is 17.0 Å². The highest BCUT2D eigenvalue weighted by Gasteiger charge is 2.23. The lowest BCUT2D eigenvalue weighted by Crippen LogP contribution is -2.26. The van der Waals surface area contributed by atoms with Gasteiger partial charge in [-0.2, -0.15) is 0 Å². The minimum Gasteiger partial charge on any atom is -0.352 e. The van der Waals surface area contributed by atoms with Gasteiger partial charge in [-0.3, -0.25) is 4.79 Å². The minimum atomic E-state index is -4.31. The van der Waals surface area contributed by atoms with Gasteiger partial charge in [-0.25, -0.2) is 12.8 Å². The maximum absolute atomic E-state index is 14.0. The van der Waals surface area contributed by atoms with Crippen molar-refractivity contribution < 1.29 is 17.6 Å². The van der Waals surface area contributed by atoms with Crippen molar-refractivity contribution in [1.29, 1.82) is 0 Å². The molecular weight excluding hydrogens is 340 g/mol. The molecule has 8 heteroatoms. The third-order valence-electron chi connectivity index (χ3n) is 2.83. The van der Waals surface area contributed by atoms with Gasteiger partial charge in [0.25, 0.3) is 15.0 Å². The molecule has 0 aromatic heterocycles. The second kappa shape index (κ2) is 7.96. The highest BCUT2D eigenvalue weighted by atomic mass is 35.7. The molecule has 1 aromatic rings. The number of amides is 1. The molecule has 0 saturated carbocycles. The first-order valence-corrected chi connectivity index (χ1v) is 9.18. The Morgan fingerprint density at radius 1 is 1.29 bits per heavy atom. The first kappa shape index (κ1) is 18.2. The fraction of sp³-hybridized carbons (Fsp3) is 0.462. The van der Waals surface area contributed by atoms with E-state index in [0.29, 0.717) is 6.54 Å². The van der Waals surface area contributed by atoms with Crippen LogP contribution in [0.4, 0.5) is 4.39 Å². The zero-order chi connectivity index (χ0) is 16.0. The Kier molecular flexibility index (Phi) is 6.90. The van der Waals surface area contributed by atoms with Gasteiger partial charge in [0.05, 0.1) is 5.56 Å². The first-order valence-electron chi connectivity index (χ1n) is 6.49. The van der Waals surface area contributed by atoms with Gasteiger partial charge in [0.15, 0.2) is 5.82 Å². The SMILES string of the molecule is CCCCCCNC(=O)c1cc(Cl)cc(S(=O)(=O)Cl)c1F. The number of benzene rings is 1. The molecular formula is C13H16Cl2FNO3S. The maximum Gasteiger partial charge on any atom is 0.264 e. The molecule has 0 radical (unpaired) electrons. The van der Waals surface area contributed by atoms with Crippen molar-refractivity contribution in [3.63, 3.8) is 0 Å². The van der Waals surface area contributed by atoms with E-state index in [9.17, 15) is 17.6 Å². The van der Waals surface area contributed by atoms with E-state index >= 15 is 0 Å². The third-order valence-corrected chi connectivity index (χ3v) is 4.37. The lowest BCUT2D eigenvalue weighted by molar-refractivity contribution is 0.0948. The van der Waals surface area contributed by atoms with E-state index in [1.165, 1.54) is 0 Å². The summed E-state index contributed by atoms with van der Waals surface area (Å²) in [4.78, 5) is 11.1. The predicted molar refractivity (Wildman–Crippen MR) is 80.9 cm³/mol. The zero-order valence-corrected chi connectivity index (χ0v) is 13.8. The van der Waals surface area contributed by atoms with Crippen LogP contribution in [-0.2, 0) is 9.05 Å². The number of carbonyl (C=O) groups excluding carboxylic acids is 1. The van der Waals surface area contributed by atoms with Crippen molar-refractivity contribution in [2.45, 2.75) is 37.5 Å². The summed E-state index contributed by atoms with van der Waals surface area (Å²) in [6, 6.07) is 1.95. The van der Waals surface area contributed by atoms with E-state index in [1.54, 1.807) is 0 Å². The van der Waals surface area contributed by atoms with Crippen LogP contribution in [0.1, 0.15) is 43.0 Å². The summed E-state index contributed by atoms with van der Waals surface area (Å²) in [5.41, 5.74) is -0.433. The molecule has 118 valence electrons. The zero-order valence-electron chi connectivity index (χ0n) is 11.5. The van der Waals surface area contributed by atoms with E-state index in [4.69, 9.17) is 22.3 Å². The van der Waals surface area contributed by atoms with Gasteiger partial charge >= 0.3 is 0 Å². The van der Waals surface area contributed by atoms with Crippen molar-refractivity contribution in [1.82, 2.24) is 5.32 Å². The predicted octanol–water partition coefficient (Wildman–Crippen LogP) is 3.72. The lowest BCUT2D eigenvalue weighted by Gasteiger charge is -2.08. The van der Waals surface area contributed by atoms with Gasteiger partial charge in [0.1, 0.15) is 4.90 Å². The topological polar surface area (TPSA) is 63.2 Å². The highest BCUT2D eigenvalue weighted by Crippen LogP contribution is 2.26. The molecule has 0 atom stereocenters. The number of hydrogen-bond donors (Lipinski definition) is 1. The summed E-state index contributed by atoms with van der Waals surface area (Å²) in [6.45, 7) is 2.45. The molecule has 0 bridgehead atoms. The summed E-state index contributed by atoms with van der Waals surface area (Å²) >= 11 is 5.70. The summed E-state index contributed by atoms with van der Waals surface area (Å²) in [5.74, 6) is -1.91. The van der Waals surface area contributed by atoms with Crippen molar-refractivity contribution in [2.24, 2.45) is 0 Å². The van der Waals surface area contributed by atoms with Crippen molar-refractivity contribution in [3.8, 4) is 0 Å². The van der Waals surface area contributed by atoms with Crippen LogP contribution in [0.5, 0.6) is 0 Å². The number of halogens is 3. The molecule has 4 nitrogen and oxygen atoms in total. The molecule has 0 saturated heterocycles. The van der Waals surface area contributed by atoms with Crippen molar-refractivity contribution >= 4 is 37.2 Å². The molecule has 21 heavy (non-hydrogen) atoms. The lowest BCUT2D eigenvalue weighted by atomic mass is 10.2. The Balaban J connectivity index is 2.88. The number of rotatable bonds is 7. The second-order valence-electron chi connectivity index (χ2n) is 4.52. The van der Waals surface area contributed by atoms with Crippen LogP contribution >= 0.6 is 22.3 Å². The Labute approximate surface area is 133 Å². The number of carbonyl (C=O) groups is 1. The monoisotopic (exact) mass is 355 g/mol. The van der Waals surface area contributed by atoms with Crippen LogP contribution in [-0.4, -0.2) is 20.9 Å². The minimum absolute atomic E-state index is 0.0771. The second-order valence-corrected chi connectivity index (χ2v) is 7.49. The van der Waals surface area contributed by atoms with Crippen LogP contribution in [0.2, 0.25) is 5.02 Å². The quantitative estimate of drug-likeness (QED) is 0.598.